The first-order valence-electron chi connectivity index (χ1n) is 8.36. The number of anilines is 1. The van der Waals surface area contributed by atoms with E-state index in [1.54, 1.807) is 25.3 Å². The Kier molecular flexibility index (Phi) is 6.09. The molecule has 9 nitrogen and oxygen atoms in total. The van der Waals surface area contributed by atoms with Gasteiger partial charge in [0.25, 0.3) is 5.56 Å². The smallest absolute Gasteiger partial charge is 0.316 e. The molecule has 0 atom stereocenters. The Hall–Kier alpha value is -3.14. The summed E-state index contributed by atoms with van der Waals surface area (Å²) in [6.45, 7) is 3.49. The second-order valence-electron chi connectivity index (χ2n) is 6.04. The molecule has 0 spiro atoms. The fourth-order valence-corrected chi connectivity index (χ4v) is 2.97. The quantitative estimate of drug-likeness (QED) is 0.594. The number of hydrogen-bond acceptors (Lipinski definition) is 8. The predicted octanol–water partition coefficient (Wildman–Crippen LogP) is 1.71. The number of nitrogens with one attached hydrogen (secondary N) is 1. The highest BCUT2D eigenvalue weighted by molar-refractivity contribution is 8.00. The first-order chi connectivity index (χ1) is 13.4. The molecule has 0 aromatic carbocycles. The molecular formula is C18H18N4O5S. The molecule has 3 rings (SSSR count). The molecule has 0 radical (unpaired) electrons. The third kappa shape index (κ3) is 5.19. The van der Waals surface area contributed by atoms with Crippen LogP contribution in [0.3, 0.4) is 0 Å². The second-order valence-corrected chi connectivity index (χ2v) is 7.03. The molecule has 3 aromatic rings. The summed E-state index contributed by atoms with van der Waals surface area (Å²) in [6, 6.07) is 6.50. The van der Waals surface area contributed by atoms with E-state index in [0.29, 0.717) is 22.9 Å². The maximum absolute atomic E-state index is 12.1. The van der Waals surface area contributed by atoms with Crippen LogP contribution in [0.5, 0.6) is 0 Å². The molecule has 0 fully saturated rings. The number of hydrogen-bond donors (Lipinski definition) is 1. The van der Waals surface area contributed by atoms with E-state index in [0.717, 1.165) is 17.3 Å². The van der Waals surface area contributed by atoms with Crippen molar-refractivity contribution in [3.63, 3.8) is 0 Å². The minimum absolute atomic E-state index is 0.00295. The standard InChI is InChI=1S/C18H18N4O5S/c1-11-3-4-15-19-13(6-17(24)22(15)7-11)8-26-18(25)10-28-9-16(23)20-14-5-12(2)27-21-14/h3-7H,8-10H2,1-2H3,(H,20,21,23). The molecular weight excluding hydrogens is 384 g/mol. The van der Waals surface area contributed by atoms with Crippen LogP contribution in [0.15, 0.2) is 39.8 Å². The fraction of sp³-hybridized carbons (Fsp3) is 0.278. The largest absolute Gasteiger partial charge is 0.459 e. The van der Waals surface area contributed by atoms with Gasteiger partial charge < -0.3 is 14.6 Å². The van der Waals surface area contributed by atoms with Crippen LogP contribution in [-0.4, -0.2) is 37.9 Å². The lowest BCUT2D eigenvalue weighted by Crippen LogP contribution is -2.18. The molecule has 10 heteroatoms. The average molecular weight is 402 g/mol. The summed E-state index contributed by atoms with van der Waals surface area (Å²) in [6.07, 6.45) is 1.70. The average Bonchev–Trinajstić information content (AvgIpc) is 3.05. The van der Waals surface area contributed by atoms with Crippen molar-refractivity contribution < 1.29 is 18.8 Å². The molecule has 0 bridgehead atoms. The molecule has 0 saturated heterocycles. The van der Waals surface area contributed by atoms with E-state index in [2.05, 4.69) is 15.5 Å². The van der Waals surface area contributed by atoms with Gasteiger partial charge in [-0.3, -0.25) is 18.8 Å². The highest BCUT2D eigenvalue weighted by Gasteiger charge is 2.10. The van der Waals surface area contributed by atoms with Crippen molar-refractivity contribution in [1.29, 1.82) is 0 Å². The topological polar surface area (TPSA) is 116 Å². The van der Waals surface area contributed by atoms with Gasteiger partial charge in [-0.1, -0.05) is 11.2 Å². The van der Waals surface area contributed by atoms with E-state index < -0.39 is 5.97 Å². The Morgan fingerprint density at radius 3 is 2.82 bits per heavy atom. The lowest BCUT2D eigenvalue weighted by Gasteiger charge is -2.06. The van der Waals surface area contributed by atoms with Crippen molar-refractivity contribution in [2.45, 2.75) is 20.5 Å². The fourth-order valence-electron chi connectivity index (χ4n) is 2.36. The van der Waals surface area contributed by atoms with E-state index in [1.165, 1.54) is 10.5 Å². The molecule has 0 unspecified atom stereocenters. The van der Waals surface area contributed by atoms with Crippen molar-refractivity contribution in [2.75, 3.05) is 16.8 Å². The maximum atomic E-state index is 12.1. The number of ether oxygens (including phenoxy) is 1. The van der Waals surface area contributed by atoms with Crippen molar-refractivity contribution in [3.05, 3.63) is 57.8 Å². The number of aromatic nitrogens is 3. The van der Waals surface area contributed by atoms with Crippen LogP contribution >= 0.6 is 11.8 Å². The Labute approximate surface area is 164 Å². The summed E-state index contributed by atoms with van der Waals surface area (Å²) in [5, 5.41) is 6.21. The number of nitrogens with zero attached hydrogens (tertiary/aromatic N) is 3. The third-order valence-corrected chi connectivity index (χ3v) is 4.50. The zero-order chi connectivity index (χ0) is 20.1. The second kappa shape index (κ2) is 8.70. The summed E-state index contributed by atoms with van der Waals surface area (Å²) in [7, 11) is 0. The molecule has 0 aliphatic carbocycles. The summed E-state index contributed by atoms with van der Waals surface area (Å²) in [5.41, 5.74) is 1.55. The van der Waals surface area contributed by atoms with Crippen molar-refractivity contribution in [3.8, 4) is 0 Å². The van der Waals surface area contributed by atoms with Gasteiger partial charge in [0.05, 0.1) is 17.2 Å². The molecule has 0 aliphatic rings. The van der Waals surface area contributed by atoms with Crippen LogP contribution in [0.25, 0.3) is 5.65 Å². The van der Waals surface area contributed by atoms with Crippen LogP contribution < -0.4 is 10.9 Å². The van der Waals surface area contributed by atoms with Crippen LogP contribution in [0.1, 0.15) is 17.0 Å². The van der Waals surface area contributed by atoms with Gasteiger partial charge >= 0.3 is 5.97 Å². The van der Waals surface area contributed by atoms with E-state index in [-0.39, 0.29) is 29.6 Å². The molecule has 0 aliphatic heterocycles. The SMILES string of the molecule is Cc1ccc2nc(COC(=O)CSCC(=O)Nc3cc(C)on3)cc(=O)n2c1. The van der Waals surface area contributed by atoms with Crippen LogP contribution in [0.2, 0.25) is 0 Å². The number of esters is 1. The van der Waals surface area contributed by atoms with Gasteiger partial charge in [-0.05, 0) is 25.5 Å². The van der Waals surface area contributed by atoms with E-state index in [1.807, 2.05) is 13.0 Å². The highest BCUT2D eigenvalue weighted by atomic mass is 32.2. The zero-order valence-corrected chi connectivity index (χ0v) is 16.1. The van der Waals surface area contributed by atoms with Crippen LogP contribution in [-0.2, 0) is 20.9 Å². The Morgan fingerprint density at radius 1 is 1.25 bits per heavy atom. The maximum Gasteiger partial charge on any atom is 0.316 e. The van der Waals surface area contributed by atoms with Gasteiger partial charge in [-0.2, -0.15) is 0 Å². The van der Waals surface area contributed by atoms with E-state index in [9.17, 15) is 14.4 Å². The summed E-state index contributed by atoms with van der Waals surface area (Å²) in [4.78, 5) is 40.0. The van der Waals surface area contributed by atoms with E-state index in [4.69, 9.17) is 9.26 Å². The molecule has 146 valence electrons. The minimum Gasteiger partial charge on any atom is -0.459 e. The monoisotopic (exact) mass is 402 g/mol. The van der Waals surface area contributed by atoms with Gasteiger partial charge in [0.15, 0.2) is 5.82 Å². The van der Waals surface area contributed by atoms with Gasteiger partial charge in [-0.25, -0.2) is 4.98 Å². The lowest BCUT2D eigenvalue weighted by molar-refractivity contribution is -0.141. The van der Waals surface area contributed by atoms with Gasteiger partial charge in [0.1, 0.15) is 18.0 Å². The summed E-state index contributed by atoms with van der Waals surface area (Å²) < 4.78 is 11.4. The highest BCUT2D eigenvalue weighted by Crippen LogP contribution is 2.09. The van der Waals surface area contributed by atoms with Crippen molar-refractivity contribution >= 4 is 35.1 Å². The number of carbonyl (C=O) groups is 2. The Balaban J connectivity index is 1.45. The molecule has 3 heterocycles. The van der Waals surface area contributed by atoms with Gasteiger partial charge in [-0.15, -0.1) is 11.8 Å². The lowest BCUT2D eigenvalue weighted by atomic mass is 10.3. The van der Waals surface area contributed by atoms with Gasteiger partial charge in [0, 0.05) is 18.3 Å². The molecule has 0 saturated carbocycles. The van der Waals surface area contributed by atoms with Crippen molar-refractivity contribution in [2.24, 2.45) is 0 Å². The number of aryl methyl sites for hydroxylation is 2. The van der Waals surface area contributed by atoms with E-state index >= 15 is 0 Å². The number of thioether (sulfide) groups is 1. The normalized spacial score (nSPS) is 10.8. The number of carbonyl (C=O) groups excluding carboxylic acids is 2. The predicted molar refractivity (Wildman–Crippen MR) is 103 cm³/mol. The van der Waals surface area contributed by atoms with Crippen LogP contribution in [0, 0.1) is 13.8 Å². The molecule has 28 heavy (non-hydrogen) atoms. The number of rotatable bonds is 7. The molecule has 1 amide bonds. The zero-order valence-electron chi connectivity index (χ0n) is 15.3. The molecule has 3 aromatic heterocycles. The summed E-state index contributed by atoms with van der Waals surface area (Å²) in [5.74, 6) is 0.178. The first kappa shape index (κ1) is 19.6. The van der Waals surface area contributed by atoms with Crippen molar-refractivity contribution in [1.82, 2.24) is 14.5 Å². The summed E-state index contributed by atoms with van der Waals surface area (Å²) >= 11 is 1.11. The third-order valence-electron chi connectivity index (χ3n) is 3.59. The Bertz CT molecular complexity index is 1080. The number of amides is 1. The molecule has 1 N–H and O–H groups in total. The number of pyridine rings is 1. The number of fused-ring (bicyclic) bond motifs is 1. The first-order valence-corrected chi connectivity index (χ1v) is 9.51. The van der Waals surface area contributed by atoms with Crippen LogP contribution in [0.4, 0.5) is 5.82 Å². The Morgan fingerprint density at radius 2 is 2.07 bits per heavy atom. The minimum atomic E-state index is -0.499. The van der Waals surface area contributed by atoms with Gasteiger partial charge in [0.2, 0.25) is 5.91 Å².